The van der Waals surface area contributed by atoms with Crippen molar-refractivity contribution >= 4 is 0 Å². The van der Waals surface area contributed by atoms with Crippen LogP contribution in [0.15, 0.2) is 182 Å². The van der Waals surface area contributed by atoms with Crippen LogP contribution in [0.3, 0.4) is 0 Å². The number of fused-ring (bicyclic) bond motifs is 1. The van der Waals surface area contributed by atoms with Crippen LogP contribution in [0.25, 0.3) is 0 Å². The molecule has 0 bridgehead atoms. The van der Waals surface area contributed by atoms with E-state index in [0.717, 1.165) is 33.4 Å². The van der Waals surface area contributed by atoms with Crippen LogP contribution in [-0.4, -0.2) is 81.4 Å². The van der Waals surface area contributed by atoms with Crippen LogP contribution in [-0.2, 0) is 91.7 Å². The third-order valence-electron chi connectivity index (χ3n) is 12.0. The van der Waals surface area contributed by atoms with E-state index in [1.807, 2.05) is 182 Å². The average molecular weight is 895 g/mol. The molecule has 0 aliphatic carbocycles. The first-order valence-electron chi connectivity index (χ1n) is 22.7. The third kappa shape index (κ3) is 11.7. The summed E-state index contributed by atoms with van der Waals surface area (Å²) >= 11 is 0. The fraction of sp³-hybridized carbons (Fsp3) is 0.345. The molecule has 6 aromatic carbocycles. The van der Waals surface area contributed by atoms with Gasteiger partial charge in [0, 0.05) is 7.11 Å². The zero-order valence-corrected chi connectivity index (χ0v) is 37.2. The van der Waals surface area contributed by atoms with Crippen LogP contribution in [0.1, 0.15) is 33.4 Å². The molecule has 0 saturated carbocycles. The van der Waals surface area contributed by atoms with Crippen molar-refractivity contribution in [1.82, 2.24) is 0 Å². The maximum Gasteiger partial charge on any atom is 0.315 e. The molecule has 3 aliphatic rings. The highest BCUT2D eigenvalue weighted by Gasteiger charge is 2.68. The monoisotopic (exact) mass is 894 g/mol. The Bertz CT molecular complexity index is 2290. The Morgan fingerprint density at radius 1 is 0.379 bits per heavy atom. The van der Waals surface area contributed by atoms with Crippen molar-refractivity contribution in [2.24, 2.45) is 0 Å². The molecule has 0 aromatic heterocycles. The van der Waals surface area contributed by atoms with Crippen LogP contribution in [0.2, 0.25) is 0 Å². The summed E-state index contributed by atoms with van der Waals surface area (Å²) in [4.78, 5) is 0. The van der Waals surface area contributed by atoms with E-state index in [0.29, 0.717) is 13.2 Å². The number of hydrogen-bond donors (Lipinski definition) is 0. The van der Waals surface area contributed by atoms with Gasteiger partial charge >= 0.3 is 5.97 Å². The Morgan fingerprint density at radius 2 is 0.742 bits per heavy atom. The Morgan fingerprint density at radius 3 is 1.18 bits per heavy atom. The third-order valence-corrected chi connectivity index (χ3v) is 12.0. The van der Waals surface area contributed by atoms with E-state index in [-0.39, 0.29) is 39.6 Å². The molecule has 9 rings (SSSR count). The number of rotatable bonds is 21. The fourth-order valence-corrected chi connectivity index (χ4v) is 8.69. The predicted octanol–water partition coefficient (Wildman–Crippen LogP) is 8.97. The second-order valence-corrected chi connectivity index (χ2v) is 16.7. The van der Waals surface area contributed by atoms with Crippen molar-refractivity contribution in [3.63, 3.8) is 0 Å². The van der Waals surface area contributed by atoms with E-state index < -0.39 is 61.1 Å². The molecule has 3 saturated heterocycles. The molecular weight excluding hydrogens is 837 g/mol. The Labute approximate surface area is 387 Å². The lowest BCUT2D eigenvalue weighted by Crippen LogP contribution is -2.68. The lowest BCUT2D eigenvalue weighted by molar-refractivity contribution is -0.449. The van der Waals surface area contributed by atoms with Crippen LogP contribution >= 0.6 is 0 Å². The lowest BCUT2D eigenvalue weighted by atomic mass is 9.96. The maximum atomic E-state index is 7.31. The largest absolute Gasteiger partial charge is 0.374 e. The minimum absolute atomic E-state index is 0.115. The molecule has 66 heavy (non-hydrogen) atoms. The molecule has 0 radical (unpaired) electrons. The van der Waals surface area contributed by atoms with Crippen molar-refractivity contribution in [1.29, 1.82) is 0 Å². The standard InChI is InChI=1S/C55H58O11/c1-56-54-52(61-36-44-28-16-6-17-29-44)50-49(46(63-54)38-57-32-40-20-8-2-9-21-40)65-55(66-50)53(62-37-45-30-18-7-19-31-45)51(60-35-43-26-14-5-15-27-43)48(59-34-42-24-12-4-13-25-42)47(64-55)39-58-33-41-22-10-3-11-23-41/h2-31,46-54H,32-39H2,1H3/t46-,47-,48+,49+,50+,51+,52-,53-,54+,55-/m1/s1. The fourth-order valence-electron chi connectivity index (χ4n) is 8.69. The van der Waals surface area contributed by atoms with Crippen molar-refractivity contribution in [2.45, 2.75) is 101 Å². The molecule has 0 N–H and O–H groups in total. The smallest absolute Gasteiger partial charge is 0.315 e. The number of methoxy groups -OCH3 is 1. The summed E-state index contributed by atoms with van der Waals surface area (Å²) in [5, 5.41) is 0. The first kappa shape index (κ1) is 46.0. The molecule has 11 nitrogen and oxygen atoms in total. The van der Waals surface area contributed by atoms with Gasteiger partial charge in [-0.15, -0.1) is 0 Å². The summed E-state index contributed by atoms with van der Waals surface area (Å²) in [5.74, 6) is -1.88. The van der Waals surface area contributed by atoms with Crippen LogP contribution < -0.4 is 0 Å². The Kier molecular flexibility index (Phi) is 16.1. The minimum Gasteiger partial charge on any atom is -0.374 e. The van der Waals surface area contributed by atoms with Gasteiger partial charge in [0.25, 0.3) is 0 Å². The quantitative estimate of drug-likeness (QED) is 0.0693. The lowest BCUT2D eigenvalue weighted by Gasteiger charge is -2.49. The average Bonchev–Trinajstić information content (AvgIpc) is 3.76. The highest BCUT2D eigenvalue weighted by atomic mass is 16.9. The van der Waals surface area contributed by atoms with Gasteiger partial charge in [0.1, 0.15) is 42.7 Å². The second kappa shape index (κ2) is 23.1. The van der Waals surface area contributed by atoms with Crippen LogP contribution in [0.4, 0.5) is 0 Å². The molecule has 11 heteroatoms. The molecule has 344 valence electrons. The molecule has 10 atom stereocenters. The van der Waals surface area contributed by atoms with E-state index in [2.05, 4.69) is 0 Å². The van der Waals surface area contributed by atoms with Gasteiger partial charge in [-0.3, -0.25) is 0 Å². The van der Waals surface area contributed by atoms with E-state index in [9.17, 15) is 0 Å². The summed E-state index contributed by atoms with van der Waals surface area (Å²) < 4.78 is 75.2. The van der Waals surface area contributed by atoms with Crippen LogP contribution in [0, 0.1) is 0 Å². The van der Waals surface area contributed by atoms with E-state index in [1.54, 1.807) is 7.11 Å². The molecular formula is C55H58O11. The Balaban J connectivity index is 1.10. The van der Waals surface area contributed by atoms with Crippen molar-refractivity contribution in [2.75, 3.05) is 20.3 Å². The minimum atomic E-state index is -1.88. The van der Waals surface area contributed by atoms with E-state index in [4.69, 9.17) is 52.1 Å². The van der Waals surface area contributed by atoms with Gasteiger partial charge in [-0.05, 0) is 33.4 Å². The van der Waals surface area contributed by atoms with Crippen LogP contribution in [0.5, 0.6) is 0 Å². The zero-order valence-electron chi connectivity index (χ0n) is 37.2. The van der Waals surface area contributed by atoms with Crippen molar-refractivity contribution < 1.29 is 52.1 Å². The van der Waals surface area contributed by atoms with Gasteiger partial charge in [-0.2, -0.15) is 0 Å². The highest BCUT2D eigenvalue weighted by Crippen LogP contribution is 2.48. The normalized spacial score (nSPS) is 27.1. The van der Waals surface area contributed by atoms with Gasteiger partial charge < -0.3 is 52.1 Å². The van der Waals surface area contributed by atoms with Gasteiger partial charge in [0.2, 0.25) is 0 Å². The topological polar surface area (TPSA) is 102 Å². The number of hydrogen-bond acceptors (Lipinski definition) is 11. The van der Waals surface area contributed by atoms with Gasteiger partial charge in [0.05, 0.1) is 52.9 Å². The number of benzene rings is 6. The van der Waals surface area contributed by atoms with Gasteiger partial charge in [-0.1, -0.05) is 182 Å². The first-order chi connectivity index (χ1) is 32.6. The summed E-state index contributed by atoms with van der Waals surface area (Å²) in [6.07, 6.45) is -7.13. The van der Waals surface area contributed by atoms with E-state index in [1.165, 1.54) is 0 Å². The molecule has 3 heterocycles. The molecule has 6 aromatic rings. The van der Waals surface area contributed by atoms with Gasteiger partial charge in [-0.25, -0.2) is 0 Å². The summed E-state index contributed by atoms with van der Waals surface area (Å²) in [6.45, 7) is 1.98. The van der Waals surface area contributed by atoms with Crippen molar-refractivity contribution in [3.8, 4) is 0 Å². The highest BCUT2D eigenvalue weighted by molar-refractivity contribution is 5.18. The second-order valence-electron chi connectivity index (χ2n) is 16.7. The van der Waals surface area contributed by atoms with E-state index >= 15 is 0 Å². The van der Waals surface area contributed by atoms with Gasteiger partial charge in [0.15, 0.2) is 12.4 Å². The molecule has 0 unspecified atom stereocenters. The summed E-state index contributed by atoms with van der Waals surface area (Å²) in [5.41, 5.74) is 5.93. The predicted molar refractivity (Wildman–Crippen MR) is 245 cm³/mol. The summed E-state index contributed by atoms with van der Waals surface area (Å²) in [6, 6.07) is 60.0. The SMILES string of the molecule is CO[C@H]1O[C@H](COCc2ccccc2)[C@@H]2O[C@]3(O[C@@H]2[C@H]1OCc1ccccc1)O[C@H](COCc1ccccc1)[C@H](OCc1ccccc1)[C@H](OCc1ccccc1)[C@H]3OCc1ccccc1. The molecule has 3 aliphatic heterocycles. The molecule has 0 amide bonds. The zero-order chi connectivity index (χ0) is 44.8. The number of ether oxygens (including phenoxy) is 11. The maximum absolute atomic E-state index is 7.31. The Hall–Kier alpha value is -5.12. The molecule has 3 fully saturated rings. The first-order valence-corrected chi connectivity index (χ1v) is 22.7. The summed E-state index contributed by atoms with van der Waals surface area (Å²) in [7, 11) is 1.60. The molecule has 1 spiro atoms. The van der Waals surface area contributed by atoms with Crippen molar-refractivity contribution in [3.05, 3.63) is 215 Å².